The third-order valence-electron chi connectivity index (χ3n) is 2.83. The summed E-state index contributed by atoms with van der Waals surface area (Å²) in [6.45, 7) is 0. The Morgan fingerprint density at radius 3 is 3.00 bits per heavy atom. The maximum absolute atomic E-state index is 11.2. The first-order valence-electron chi connectivity index (χ1n) is 4.40. The van der Waals surface area contributed by atoms with E-state index in [2.05, 4.69) is 0 Å². The van der Waals surface area contributed by atoms with Crippen molar-refractivity contribution in [3.05, 3.63) is 0 Å². The molecule has 2 saturated carbocycles. The highest BCUT2D eigenvalue weighted by Gasteiger charge is 2.41. The van der Waals surface area contributed by atoms with Crippen LogP contribution in [0, 0.1) is 11.8 Å². The van der Waals surface area contributed by atoms with E-state index in [0.29, 0.717) is 11.7 Å². The minimum Gasteiger partial charge on any atom is -0.299 e. The van der Waals surface area contributed by atoms with E-state index in [9.17, 15) is 4.79 Å². The van der Waals surface area contributed by atoms with Crippen molar-refractivity contribution in [1.29, 1.82) is 0 Å². The largest absolute Gasteiger partial charge is 0.299 e. The molecule has 2 fully saturated rings. The molecule has 0 aliphatic heterocycles. The summed E-state index contributed by atoms with van der Waals surface area (Å²) in [6.07, 6.45) is 7.24. The van der Waals surface area contributed by atoms with E-state index in [0.717, 1.165) is 18.8 Å². The summed E-state index contributed by atoms with van der Waals surface area (Å²) in [5.41, 5.74) is 0. The monoisotopic (exact) mass is 138 g/mol. The molecule has 0 saturated heterocycles. The molecular formula is C9H14O. The van der Waals surface area contributed by atoms with Gasteiger partial charge in [-0.2, -0.15) is 0 Å². The molecule has 56 valence electrons. The molecule has 2 atom stereocenters. The summed E-state index contributed by atoms with van der Waals surface area (Å²) in [5.74, 6) is 1.89. The maximum atomic E-state index is 11.2. The van der Waals surface area contributed by atoms with Gasteiger partial charge >= 0.3 is 0 Å². The van der Waals surface area contributed by atoms with E-state index < -0.39 is 0 Å². The molecule has 1 heteroatoms. The Morgan fingerprint density at radius 1 is 1.20 bits per heavy atom. The fraction of sp³-hybridized carbons (Fsp3) is 0.889. The van der Waals surface area contributed by atoms with Crippen LogP contribution in [0.25, 0.3) is 0 Å². The molecule has 2 aliphatic rings. The molecule has 0 aromatic heterocycles. The van der Waals surface area contributed by atoms with Crippen LogP contribution < -0.4 is 0 Å². The molecule has 0 aromatic rings. The number of hydrogen-bond acceptors (Lipinski definition) is 1. The molecule has 0 bridgehead atoms. The number of ketones is 1. The summed E-state index contributed by atoms with van der Waals surface area (Å²) < 4.78 is 0. The Hall–Kier alpha value is -0.330. The van der Waals surface area contributed by atoms with Crippen LogP contribution in [0.15, 0.2) is 0 Å². The number of rotatable bonds is 0. The van der Waals surface area contributed by atoms with Crippen LogP contribution in [0.2, 0.25) is 0 Å². The van der Waals surface area contributed by atoms with Gasteiger partial charge in [0.25, 0.3) is 0 Å². The van der Waals surface area contributed by atoms with Gasteiger partial charge in [0, 0.05) is 12.3 Å². The molecule has 1 nitrogen and oxygen atoms in total. The van der Waals surface area contributed by atoms with Crippen molar-refractivity contribution < 1.29 is 4.79 Å². The summed E-state index contributed by atoms with van der Waals surface area (Å²) in [6, 6.07) is 0. The van der Waals surface area contributed by atoms with E-state index in [1.54, 1.807) is 0 Å². The molecule has 0 unspecified atom stereocenters. The summed E-state index contributed by atoms with van der Waals surface area (Å²) in [5, 5.41) is 0. The minimum absolute atomic E-state index is 0.514. The van der Waals surface area contributed by atoms with Crippen LogP contribution in [0.3, 0.4) is 0 Å². The SMILES string of the molecule is O=C1CCCCC[C@@H]2C[C@H]12. The molecule has 10 heavy (non-hydrogen) atoms. The van der Waals surface area contributed by atoms with Gasteiger partial charge in [-0.3, -0.25) is 4.79 Å². The third-order valence-corrected chi connectivity index (χ3v) is 2.83. The zero-order valence-electron chi connectivity index (χ0n) is 6.31. The van der Waals surface area contributed by atoms with Gasteiger partial charge in [0.15, 0.2) is 0 Å². The minimum atomic E-state index is 0.514. The number of Topliss-reactive ketones (excluding diaryl/α,β-unsaturated/α-hetero) is 1. The van der Waals surface area contributed by atoms with Gasteiger partial charge in [0.1, 0.15) is 5.78 Å². The van der Waals surface area contributed by atoms with E-state index in [1.165, 1.54) is 25.7 Å². The van der Waals surface area contributed by atoms with E-state index in [-0.39, 0.29) is 0 Å². The van der Waals surface area contributed by atoms with Crippen molar-refractivity contribution in [2.45, 2.75) is 38.5 Å². The van der Waals surface area contributed by atoms with Crippen molar-refractivity contribution in [1.82, 2.24) is 0 Å². The lowest BCUT2D eigenvalue weighted by Gasteiger charge is -2.04. The van der Waals surface area contributed by atoms with Crippen molar-refractivity contribution in [2.24, 2.45) is 11.8 Å². The molecule has 0 radical (unpaired) electrons. The van der Waals surface area contributed by atoms with Gasteiger partial charge in [-0.25, -0.2) is 0 Å². The van der Waals surface area contributed by atoms with Crippen LogP contribution in [-0.4, -0.2) is 5.78 Å². The smallest absolute Gasteiger partial charge is 0.136 e. The van der Waals surface area contributed by atoms with Crippen molar-refractivity contribution in [3.63, 3.8) is 0 Å². The number of hydrogen-bond donors (Lipinski definition) is 0. The Bertz CT molecular complexity index is 151. The second-order valence-electron chi connectivity index (χ2n) is 3.67. The van der Waals surface area contributed by atoms with Crippen LogP contribution in [-0.2, 0) is 4.79 Å². The van der Waals surface area contributed by atoms with E-state index in [1.807, 2.05) is 0 Å². The number of carbonyl (C=O) groups excluding carboxylic acids is 1. The van der Waals surface area contributed by atoms with Crippen molar-refractivity contribution in [3.8, 4) is 0 Å². The Kier molecular flexibility index (Phi) is 1.51. The molecule has 0 amide bonds. The Labute approximate surface area is 61.8 Å². The van der Waals surface area contributed by atoms with Crippen LogP contribution in [0.4, 0.5) is 0 Å². The first-order valence-corrected chi connectivity index (χ1v) is 4.40. The van der Waals surface area contributed by atoms with Crippen molar-refractivity contribution >= 4 is 5.78 Å². The van der Waals surface area contributed by atoms with Gasteiger partial charge in [-0.05, 0) is 25.2 Å². The topological polar surface area (TPSA) is 17.1 Å². The molecule has 2 aliphatic carbocycles. The van der Waals surface area contributed by atoms with Crippen LogP contribution in [0.1, 0.15) is 38.5 Å². The zero-order valence-corrected chi connectivity index (χ0v) is 6.31. The average molecular weight is 138 g/mol. The predicted octanol–water partition coefficient (Wildman–Crippen LogP) is 2.16. The fourth-order valence-corrected chi connectivity index (χ4v) is 2.03. The molecule has 0 spiro atoms. The molecule has 0 heterocycles. The lowest BCUT2D eigenvalue weighted by atomic mass is 10.0. The van der Waals surface area contributed by atoms with Crippen molar-refractivity contribution in [2.75, 3.05) is 0 Å². The fourth-order valence-electron chi connectivity index (χ4n) is 2.03. The Morgan fingerprint density at radius 2 is 2.10 bits per heavy atom. The van der Waals surface area contributed by atoms with Gasteiger partial charge < -0.3 is 0 Å². The molecule has 2 rings (SSSR count). The lowest BCUT2D eigenvalue weighted by Crippen LogP contribution is -2.04. The summed E-state index contributed by atoms with van der Waals surface area (Å²) >= 11 is 0. The normalized spacial score (nSPS) is 39.8. The van der Waals surface area contributed by atoms with E-state index >= 15 is 0 Å². The number of carbonyl (C=O) groups is 1. The van der Waals surface area contributed by atoms with Gasteiger partial charge in [-0.1, -0.05) is 12.8 Å². The first kappa shape index (κ1) is 6.38. The predicted molar refractivity (Wildman–Crippen MR) is 39.7 cm³/mol. The zero-order chi connectivity index (χ0) is 6.97. The average Bonchev–Trinajstić information content (AvgIpc) is 2.62. The lowest BCUT2D eigenvalue weighted by molar-refractivity contribution is -0.120. The highest BCUT2D eigenvalue weighted by Crippen LogP contribution is 2.45. The standard InChI is InChI=1S/C9H14O/c10-9-5-3-1-2-4-7-6-8(7)9/h7-8H,1-6H2/t7-,8+/m1/s1. The summed E-state index contributed by atoms with van der Waals surface area (Å²) in [7, 11) is 0. The first-order chi connectivity index (χ1) is 4.88. The third kappa shape index (κ3) is 1.09. The maximum Gasteiger partial charge on any atom is 0.136 e. The van der Waals surface area contributed by atoms with E-state index in [4.69, 9.17) is 0 Å². The van der Waals surface area contributed by atoms with Crippen LogP contribution in [0.5, 0.6) is 0 Å². The quantitative estimate of drug-likeness (QED) is 0.501. The van der Waals surface area contributed by atoms with Gasteiger partial charge in [-0.15, -0.1) is 0 Å². The molecule has 0 aromatic carbocycles. The Balaban J connectivity index is 1.94. The van der Waals surface area contributed by atoms with Crippen LogP contribution >= 0.6 is 0 Å². The highest BCUT2D eigenvalue weighted by molar-refractivity contribution is 5.83. The second-order valence-corrected chi connectivity index (χ2v) is 3.67. The van der Waals surface area contributed by atoms with Gasteiger partial charge in [0.2, 0.25) is 0 Å². The second kappa shape index (κ2) is 2.37. The summed E-state index contributed by atoms with van der Waals surface area (Å²) in [4.78, 5) is 11.2. The highest BCUT2D eigenvalue weighted by atomic mass is 16.1. The van der Waals surface area contributed by atoms with Gasteiger partial charge in [0.05, 0.1) is 0 Å². The molecule has 0 N–H and O–H groups in total. The number of fused-ring (bicyclic) bond motifs is 1. The molecular weight excluding hydrogens is 124 g/mol.